The third kappa shape index (κ3) is 2.44. The normalized spacial score (nSPS) is 15.0. The highest BCUT2D eigenvalue weighted by Gasteiger charge is 2.26. The molecular weight excluding hydrogens is 286 g/mol. The molecule has 3 rings (SSSR count). The van der Waals surface area contributed by atoms with Crippen LogP contribution >= 0.6 is 12.2 Å². The third-order valence-corrected chi connectivity index (χ3v) is 4.20. The van der Waals surface area contributed by atoms with Gasteiger partial charge in [-0.15, -0.1) is 0 Å². The molecule has 0 bridgehead atoms. The molecule has 1 fully saturated rings. The van der Waals surface area contributed by atoms with E-state index in [-0.39, 0.29) is 0 Å². The number of thiocarbonyl (C=S) groups is 1. The molecule has 0 aliphatic heterocycles. The summed E-state index contributed by atoms with van der Waals surface area (Å²) >= 11 is 5.09. The summed E-state index contributed by atoms with van der Waals surface area (Å²) in [6, 6.07) is 3.86. The average molecular weight is 305 g/mol. The second-order valence-corrected chi connectivity index (χ2v) is 5.87. The maximum Gasteiger partial charge on any atom is 0.163 e. The van der Waals surface area contributed by atoms with Crippen LogP contribution in [0.3, 0.4) is 0 Å². The van der Waals surface area contributed by atoms with Crippen LogP contribution in [0, 0.1) is 0 Å². The van der Waals surface area contributed by atoms with Gasteiger partial charge in [-0.05, 0) is 12.8 Å². The Bertz CT molecular complexity index is 692. The SMILES string of the molecule is COc1cc2nc(C3CCC3)n(CC(N)=S)c2cc1OC. The van der Waals surface area contributed by atoms with Crippen LogP contribution in [0.4, 0.5) is 0 Å². The van der Waals surface area contributed by atoms with Gasteiger partial charge in [0.25, 0.3) is 0 Å². The Morgan fingerprint density at radius 2 is 2.00 bits per heavy atom. The first-order valence-corrected chi connectivity index (χ1v) is 7.45. The van der Waals surface area contributed by atoms with Gasteiger partial charge in [-0.1, -0.05) is 18.6 Å². The minimum atomic E-state index is 0.463. The molecule has 2 N–H and O–H groups in total. The molecule has 1 aromatic carbocycles. The summed E-state index contributed by atoms with van der Waals surface area (Å²) in [6.07, 6.45) is 3.61. The highest BCUT2D eigenvalue weighted by molar-refractivity contribution is 7.80. The number of fused-ring (bicyclic) bond motifs is 1. The second kappa shape index (κ2) is 5.52. The van der Waals surface area contributed by atoms with Gasteiger partial charge in [0.15, 0.2) is 11.5 Å². The monoisotopic (exact) mass is 305 g/mol. The molecule has 0 atom stereocenters. The lowest BCUT2D eigenvalue weighted by Gasteiger charge is -2.25. The number of aromatic nitrogens is 2. The van der Waals surface area contributed by atoms with E-state index in [0.717, 1.165) is 16.9 Å². The van der Waals surface area contributed by atoms with Gasteiger partial charge in [0.2, 0.25) is 0 Å². The Morgan fingerprint density at radius 3 is 2.52 bits per heavy atom. The molecule has 0 unspecified atom stereocenters. The van der Waals surface area contributed by atoms with E-state index >= 15 is 0 Å². The Kier molecular flexibility index (Phi) is 3.71. The number of imidazole rings is 1. The summed E-state index contributed by atoms with van der Waals surface area (Å²) < 4.78 is 12.8. The average Bonchev–Trinajstić information content (AvgIpc) is 2.72. The van der Waals surface area contributed by atoms with Gasteiger partial charge in [-0.25, -0.2) is 4.98 Å². The summed E-state index contributed by atoms with van der Waals surface area (Å²) in [6.45, 7) is 0.507. The van der Waals surface area contributed by atoms with Crippen molar-refractivity contribution < 1.29 is 9.47 Å². The van der Waals surface area contributed by atoms with Gasteiger partial charge in [-0.2, -0.15) is 0 Å². The minimum absolute atomic E-state index is 0.463. The second-order valence-electron chi connectivity index (χ2n) is 5.35. The van der Waals surface area contributed by atoms with Crippen molar-refractivity contribution in [3.8, 4) is 11.5 Å². The van der Waals surface area contributed by atoms with E-state index in [4.69, 9.17) is 32.4 Å². The molecule has 1 aliphatic carbocycles. The van der Waals surface area contributed by atoms with Crippen LogP contribution < -0.4 is 15.2 Å². The fourth-order valence-electron chi connectivity index (χ4n) is 2.77. The number of hydrogen-bond donors (Lipinski definition) is 1. The van der Waals surface area contributed by atoms with Crippen molar-refractivity contribution in [3.05, 3.63) is 18.0 Å². The summed E-state index contributed by atoms with van der Waals surface area (Å²) in [5.41, 5.74) is 7.64. The molecule has 1 aromatic heterocycles. The zero-order valence-electron chi connectivity index (χ0n) is 12.3. The maximum atomic E-state index is 5.76. The van der Waals surface area contributed by atoms with Crippen LogP contribution in [0.2, 0.25) is 0 Å². The number of nitrogens with zero attached hydrogens (tertiary/aromatic N) is 2. The van der Waals surface area contributed by atoms with Gasteiger partial charge >= 0.3 is 0 Å². The van der Waals surface area contributed by atoms with Crippen LogP contribution in [0.15, 0.2) is 12.1 Å². The van der Waals surface area contributed by atoms with Crippen molar-refractivity contribution in [2.75, 3.05) is 14.2 Å². The van der Waals surface area contributed by atoms with E-state index in [1.165, 1.54) is 19.3 Å². The molecule has 0 radical (unpaired) electrons. The van der Waals surface area contributed by atoms with Crippen LogP contribution in [0.5, 0.6) is 11.5 Å². The van der Waals surface area contributed by atoms with Gasteiger partial charge < -0.3 is 19.8 Å². The molecule has 1 heterocycles. The molecule has 1 aliphatic rings. The molecule has 6 heteroatoms. The molecule has 21 heavy (non-hydrogen) atoms. The maximum absolute atomic E-state index is 5.76. The van der Waals surface area contributed by atoms with Gasteiger partial charge in [0.1, 0.15) is 5.82 Å². The molecular formula is C15H19N3O2S. The quantitative estimate of drug-likeness (QED) is 0.860. The van der Waals surface area contributed by atoms with Crippen molar-refractivity contribution in [2.24, 2.45) is 5.73 Å². The lowest BCUT2D eigenvalue weighted by molar-refractivity contribution is 0.355. The fourth-order valence-corrected chi connectivity index (χ4v) is 2.90. The number of rotatable bonds is 5. The van der Waals surface area contributed by atoms with Crippen molar-refractivity contribution in [3.63, 3.8) is 0 Å². The van der Waals surface area contributed by atoms with E-state index in [9.17, 15) is 0 Å². The summed E-state index contributed by atoms with van der Waals surface area (Å²) in [5, 5.41) is 0. The molecule has 112 valence electrons. The zero-order chi connectivity index (χ0) is 15.0. The van der Waals surface area contributed by atoms with E-state index in [2.05, 4.69) is 4.57 Å². The van der Waals surface area contributed by atoms with Gasteiger partial charge in [-0.3, -0.25) is 0 Å². The first kappa shape index (κ1) is 14.1. The fraction of sp³-hybridized carbons (Fsp3) is 0.467. The van der Waals surface area contributed by atoms with E-state index in [0.29, 0.717) is 29.0 Å². The molecule has 2 aromatic rings. The van der Waals surface area contributed by atoms with Crippen LogP contribution in [0.25, 0.3) is 11.0 Å². The van der Waals surface area contributed by atoms with E-state index < -0.39 is 0 Å². The number of methoxy groups -OCH3 is 2. The minimum Gasteiger partial charge on any atom is -0.493 e. The van der Waals surface area contributed by atoms with Crippen LogP contribution in [-0.2, 0) is 6.54 Å². The third-order valence-electron chi connectivity index (χ3n) is 4.07. The van der Waals surface area contributed by atoms with Crippen LogP contribution in [0.1, 0.15) is 31.0 Å². The highest BCUT2D eigenvalue weighted by Crippen LogP contribution is 2.39. The lowest BCUT2D eigenvalue weighted by Crippen LogP contribution is -2.21. The standard InChI is InChI=1S/C15H19N3O2S/c1-19-12-6-10-11(7-13(12)20-2)18(8-14(16)21)15(17-10)9-4-3-5-9/h6-7,9H,3-5,8H2,1-2H3,(H2,16,21). The highest BCUT2D eigenvalue weighted by atomic mass is 32.1. The summed E-state index contributed by atoms with van der Waals surface area (Å²) in [5.74, 6) is 2.95. The molecule has 0 spiro atoms. The van der Waals surface area contributed by atoms with Gasteiger partial charge in [0, 0.05) is 18.1 Å². The molecule has 0 saturated heterocycles. The topological polar surface area (TPSA) is 62.3 Å². The number of benzene rings is 1. The molecule has 5 nitrogen and oxygen atoms in total. The zero-order valence-corrected chi connectivity index (χ0v) is 13.1. The Balaban J connectivity index is 2.18. The summed E-state index contributed by atoms with van der Waals surface area (Å²) in [7, 11) is 3.26. The summed E-state index contributed by atoms with van der Waals surface area (Å²) in [4.78, 5) is 5.25. The Labute approximate surface area is 129 Å². The lowest BCUT2D eigenvalue weighted by atomic mass is 9.85. The Morgan fingerprint density at radius 1 is 1.33 bits per heavy atom. The van der Waals surface area contributed by atoms with Crippen molar-refractivity contribution in [1.82, 2.24) is 9.55 Å². The van der Waals surface area contributed by atoms with Gasteiger partial charge in [0.05, 0.1) is 36.8 Å². The van der Waals surface area contributed by atoms with Crippen molar-refractivity contribution >= 4 is 28.2 Å². The van der Waals surface area contributed by atoms with E-state index in [1.807, 2.05) is 12.1 Å². The van der Waals surface area contributed by atoms with Crippen molar-refractivity contribution in [2.45, 2.75) is 31.7 Å². The largest absolute Gasteiger partial charge is 0.493 e. The van der Waals surface area contributed by atoms with Crippen molar-refractivity contribution in [1.29, 1.82) is 0 Å². The molecule has 1 saturated carbocycles. The molecule has 0 amide bonds. The number of ether oxygens (including phenoxy) is 2. The van der Waals surface area contributed by atoms with Crippen LogP contribution in [-0.4, -0.2) is 28.8 Å². The Hall–Kier alpha value is -1.82. The first-order chi connectivity index (χ1) is 10.1. The number of nitrogens with two attached hydrogens (primary N) is 1. The van der Waals surface area contributed by atoms with E-state index in [1.54, 1.807) is 14.2 Å². The smallest absolute Gasteiger partial charge is 0.163 e. The predicted molar refractivity (Wildman–Crippen MR) is 86.2 cm³/mol. The predicted octanol–water partition coefficient (Wildman–Crippen LogP) is 2.61. The first-order valence-electron chi connectivity index (χ1n) is 7.04. The number of hydrogen-bond acceptors (Lipinski definition) is 4.